The van der Waals surface area contributed by atoms with Gasteiger partial charge in [-0.15, -0.1) is 0 Å². The summed E-state index contributed by atoms with van der Waals surface area (Å²) >= 11 is 0. The largest absolute Gasteiger partial charge is 0.484 e. The zero-order chi connectivity index (χ0) is 19.6. The normalized spacial score (nSPS) is 14.6. The topological polar surface area (TPSA) is 79.8 Å². The van der Waals surface area contributed by atoms with Crippen LogP contribution < -0.4 is 15.5 Å². The number of amides is 2. The van der Waals surface area contributed by atoms with Crippen LogP contribution in [0.1, 0.15) is 48.0 Å². The number of carbonyl (C=O) groups excluding carboxylic acids is 2. The third-order valence-electron chi connectivity index (χ3n) is 4.64. The molecule has 6 nitrogen and oxygen atoms in total. The minimum absolute atomic E-state index is 0.0110. The standard InChI is InChI=1S/C22H25N3O3/c26-21(24-19-9-5-2-6-10-19)16-28-20-13-11-17(12-14-20)15-23-25-22(27)18-7-3-1-4-8-18/h1,3-4,7-8,11-15,19H,2,5-6,9-10,16H2,(H,24,26)(H,25,27)/b23-15+. The summed E-state index contributed by atoms with van der Waals surface area (Å²) in [7, 11) is 0. The van der Waals surface area contributed by atoms with Gasteiger partial charge in [-0.05, 0) is 54.8 Å². The quantitative estimate of drug-likeness (QED) is 0.572. The van der Waals surface area contributed by atoms with Gasteiger partial charge >= 0.3 is 0 Å². The highest BCUT2D eigenvalue weighted by molar-refractivity contribution is 5.94. The van der Waals surface area contributed by atoms with E-state index in [0.717, 1.165) is 18.4 Å². The monoisotopic (exact) mass is 379 g/mol. The molecule has 2 amide bonds. The van der Waals surface area contributed by atoms with Crippen molar-refractivity contribution in [3.8, 4) is 5.75 Å². The van der Waals surface area contributed by atoms with Crippen LogP contribution in [0, 0.1) is 0 Å². The number of ether oxygens (including phenoxy) is 1. The molecule has 1 aliphatic carbocycles. The van der Waals surface area contributed by atoms with Crippen molar-refractivity contribution in [2.75, 3.05) is 6.61 Å². The molecule has 2 aromatic carbocycles. The minimum Gasteiger partial charge on any atom is -0.484 e. The first kappa shape index (κ1) is 19.6. The first-order valence-corrected chi connectivity index (χ1v) is 9.61. The summed E-state index contributed by atoms with van der Waals surface area (Å²) in [5.74, 6) is 0.270. The fraction of sp³-hybridized carbons (Fsp3) is 0.318. The molecule has 0 spiro atoms. The molecule has 1 saturated carbocycles. The third kappa shape index (κ3) is 6.23. The number of benzene rings is 2. The second kappa shape index (κ2) is 10.3. The maximum atomic E-state index is 12.0. The Bertz CT molecular complexity index is 798. The fourth-order valence-electron chi connectivity index (χ4n) is 3.13. The van der Waals surface area contributed by atoms with Gasteiger partial charge in [-0.2, -0.15) is 5.10 Å². The summed E-state index contributed by atoms with van der Waals surface area (Å²) in [5.41, 5.74) is 3.85. The number of carbonyl (C=O) groups is 2. The summed E-state index contributed by atoms with van der Waals surface area (Å²) < 4.78 is 5.54. The lowest BCUT2D eigenvalue weighted by Gasteiger charge is -2.22. The van der Waals surface area contributed by atoms with Crippen molar-refractivity contribution in [3.63, 3.8) is 0 Å². The number of hydrazone groups is 1. The summed E-state index contributed by atoms with van der Waals surface area (Å²) in [4.78, 5) is 23.9. The van der Waals surface area contributed by atoms with Crippen LogP contribution in [0.5, 0.6) is 5.75 Å². The van der Waals surface area contributed by atoms with Crippen LogP contribution in [0.25, 0.3) is 0 Å². The van der Waals surface area contributed by atoms with Gasteiger partial charge in [0.2, 0.25) is 0 Å². The lowest BCUT2D eigenvalue weighted by Crippen LogP contribution is -2.38. The molecule has 2 aromatic rings. The van der Waals surface area contributed by atoms with Crippen LogP contribution in [-0.4, -0.2) is 30.7 Å². The number of nitrogens with zero attached hydrogens (tertiary/aromatic N) is 1. The van der Waals surface area contributed by atoms with E-state index in [1.807, 2.05) is 18.2 Å². The van der Waals surface area contributed by atoms with Crippen LogP contribution in [0.3, 0.4) is 0 Å². The number of nitrogens with one attached hydrogen (secondary N) is 2. The molecule has 0 aliphatic heterocycles. The van der Waals surface area contributed by atoms with Gasteiger partial charge in [0, 0.05) is 11.6 Å². The third-order valence-corrected chi connectivity index (χ3v) is 4.64. The van der Waals surface area contributed by atoms with E-state index in [1.165, 1.54) is 19.3 Å². The van der Waals surface area contributed by atoms with Crippen molar-refractivity contribution in [2.45, 2.75) is 38.1 Å². The predicted molar refractivity (Wildman–Crippen MR) is 108 cm³/mol. The second-order valence-electron chi connectivity index (χ2n) is 6.83. The first-order valence-electron chi connectivity index (χ1n) is 9.61. The Labute approximate surface area is 165 Å². The molecule has 0 heterocycles. The van der Waals surface area contributed by atoms with Crippen molar-refractivity contribution < 1.29 is 14.3 Å². The molecule has 0 radical (unpaired) electrons. The maximum absolute atomic E-state index is 12.0. The van der Waals surface area contributed by atoms with E-state index in [9.17, 15) is 9.59 Å². The zero-order valence-corrected chi connectivity index (χ0v) is 15.8. The van der Waals surface area contributed by atoms with E-state index in [-0.39, 0.29) is 24.5 Å². The molecule has 0 unspecified atom stereocenters. The summed E-state index contributed by atoms with van der Waals surface area (Å²) in [6.07, 6.45) is 7.29. The van der Waals surface area contributed by atoms with Gasteiger partial charge in [0.05, 0.1) is 6.21 Å². The zero-order valence-electron chi connectivity index (χ0n) is 15.8. The molecule has 28 heavy (non-hydrogen) atoms. The van der Waals surface area contributed by atoms with E-state index < -0.39 is 0 Å². The van der Waals surface area contributed by atoms with E-state index in [4.69, 9.17) is 4.74 Å². The molecule has 6 heteroatoms. The Morgan fingerprint density at radius 1 is 1.00 bits per heavy atom. The van der Waals surface area contributed by atoms with Crippen LogP contribution >= 0.6 is 0 Å². The average molecular weight is 379 g/mol. The lowest BCUT2D eigenvalue weighted by molar-refractivity contribution is -0.124. The Balaban J connectivity index is 1.41. The highest BCUT2D eigenvalue weighted by atomic mass is 16.5. The van der Waals surface area contributed by atoms with Gasteiger partial charge in [0.1, 0.15) is 5.75 Å². The number of rotatable bonds is 7. The van der Waals surface area contributed by atoms with E-state index in [1.54, 1.807) is 42.6 Å². The van der Waals surface area contributed by atoms with Gasteiger partial charge < -0.3 is 10.1 Å². The molecule has 0 bridgehead atoms. The molecule has 0 saturated heterocycles. The van der Waals surface area contributed by atoms with Gasteiger partial charge in [-0.1, -0.05) is 37.5 Å². The Kier molecular flexibility index (Phi) is 7.18. The Morgan fingerprint density at radius 3 is 2.43 bits per heavy atom. The Hall–Kier alpha value is -3.15. The number of hydrogen-bond donors (Lipinski definition) is 2. The van der Waals surface area contributed by atoms with Crippen LogP contribution in [0.15, 0.2) is 59.7 Å². The van der Waals surface area contributed by atoms with Gasteiger partial charge in [-0.3, -0.25) is 9.59 Å². The molecular formula is C22H25N3O3. The van der Waals surface area contributed by atoms with Gasteiger partial charge in [0.15, 0.2) is 6.61 Å². The summed E-state index contributed by atoms with van der Waals surface area (Å²) in [6, 6.07) is 16.3. The Morgan fingerprint density at radius 2 is 1.71 bits per heavy atom. The first-order chi connectivity index (χ1) is 13.7. The van der Waals surface area contributed by atoms with Crippen molar-refractivity contribution in [3.05, 3.63) is 65.7 Å². The van der Waals surface area contributed by atoms with Gasteiger partial charge in [-0.25, -0.2) is 5.43 Å². The molecular weight excluding hydrogens is 354 g/mol. The highest BCUT2D eigenvalue weighted by Gasteiger charge is 2.15. The molecule has 1 aliphatic rings. The van der Waals surface area contributed by atoms with Crippen molar-refractivity contribution in [1.82, 2.24) is 10.7 Å². The molecule has 146 valence electrons. The van der Waals surface area contributed by atoms with E-state index >= 15 is 0 Å². The summed E-state index contributed by atoms with van der Waals surface area (Å²) in [6.45, 7) is 0.0110. The van der Waals surface area contributed by atoms with Crippen molar-refractivity contribution in [2.24, 2.45) is 5.10 Å². The minimum atomic E-state index is -0.263. The second-order valence-corrected chi connectivity index (χ2v) is 6.83. The molecule has 0 atom stereocenters. The number of hydrogen-bond acceptors (Lipinski definition) is 4. The highest BCUT2D eigenvalue weighted by Crippen LogP contribution is 2.17. The smallest absolute Gasteiger partial charge is 0.271 e. The fourth-order valence-corrected chi connectivity index (χ4v) is 3.13. The SMILES string of the molecule is O=C(COc1ccc(/C=N/NC(=O)c2ccccc2)cc1)NC1CCCCC1. The van der Waals surface area contributed by atoms with E-state index in [2.05, 4.69) is 15.8 Å². The van der Waals surface area contributed by atoms with Crippen LogP contribution in [-0.2, 0) is 4.79 Å². The maximum Gasteiger partial charge on any atom is 0.271 e. The summed E-state index contributed by atoms with van der Waals surface area (Å²) in [5, 5.41) is 6.98. The molecule has 1 fully saturated rings. The molecule has 2 N–H and O–H groups in total. The van der Waals surface area contributed by atoms with Gasteiger partial charge in [0.25, 0.3) is 11.8 Å². The van der Waals surface area contributed by atoms with Crippen LogP contribution in [0.2, 0.25) is 0 Å². The van der Waals surface area contributed by atoms with Crippen molar-refractivity contribution in [1.29, 1.82) is 0 Å². The average Bonchev–Trinajstić information content (AvgIpc) is 2.74. The predicted octanol–water partition coefficient (Wildman–Crippen LogP) is 3.28. The molecule has 0 aromatic heterocycles. The van der Waals surface area contributed by atoms with Crippen LogP contribution in [0.4, 0.5) is 0 Å². The van der Waals surface area contributed by atoms with E-state index in [0.29, 0.717) is 11.3 Å². The molecule has 3 rings (SSSR count). The lowest BCUT2D eigenvalue weighted by atomic mass is 9.95. The van der Waals surface area contributed by atoms with Crippen molar-refractivity contribution >= 4 is 18.0 Å².